The summed E-state index contributed by atoms with van der Waals surface area (Å²) in [6, 6.07) is 3.82. The van der Waals surface area contributed by atoms with Crippen LogP contribution in [0.5, 0.6) is 0 Å². The van der Waals surface area contributed by atoms with Gasteiger partial charge in [0.05, 0.1) is 10.7 Å². The minimum absolute atomic E-state index is 0.111. The fraction of sp³-hybridized carbons (Fsp3) is 0.143. The molecule has 0 saturated carbocycles. The predicted molar refractivity (Wildman–Crippen MR) is 57.6 cm³/mol. The van der Waals surface area contributed by atoms with E-state index >= 15 is 0 Å². The highest BCUT2D eigenvalue weighted by Crippen LogP contribution is 2.23. The molecule has 15 heavy (non-hydrogen) atoms. The van der Waals surface area contributed by atoms with E-state index in [9.17, 15) is 18.5 Å². The second-order valence-electron chi connectivity index (χ2n) is 2.84. The van der Waals surface area contributed by atoms with Crippen molar-refractivity contribution in [3.05, 3.63) is 38.3 Å². The van der Waals surface area contributed by atoms with Crippen molar-refractivity contribution in [3.8, 4) is 0 Å². The Bertz CT molecular complexity index is 500. The molecule has 0 radical (unpaired) electrons. The molecule has 0 fully saturated rings. The smallest absolute Gasteiger partial charge is 0.258 e. The van der Waals surface area contributed by atoms with Crippen LogP contribution >= 0.6 is 15.9 Å². The Morgan fingerprint density at radius 1 is 1.47 bits per heavy atom. The third-order valence-corrected chi connectivity index (χ3v) is 3.06. The molecule has 0 spiro atoms. The number of sulfonamides is 1. The number of rotatable bonds is 3. The summed E-state index contributed by atoms with van der Waals surface area (Å²) in [6.07, 6.45) is 0. The molecule has 82 valence electrons. The van der Waals surface area contributed by atoms with Crippen LogP contribution in [0.15, 0.2) is 22.7 Å². The van der Waals surface area contributed by atoms with Crippen LogP contribution in [0.2, 0.25) is 0 Å². The molecule has 2 N–H and O–H groups in total. The Labute approximate surface area is 94.4 Å². The zero-order chi connectivity index (χ0) is 11.6. The first-order chi connectivity index (χ1) is 6.79. The number of non-ortho nitro benzene ring substituents is 1. The molecular weight excluding hydrogens is 288 g/mol. The van der Waals surface area contributed by atoms with Crippen molar-refractivity contribution in [1.82, 2.24) is 0 Å². The minimum atomic E-state index is -3.63. The molecule has 0 aromatic heterocycles. The average Bonchev–Trinajstić information content (AvgIpc) is 2.05. The van der Waals surface area contributed by atoms with E-state index in [1.165, 1.54) is 18.2 Å². The van der Waals surface area contributed by atoms with Gasteiger partial charge >= 0.3 is 0 Å². The van der Waals surface area contributed by atoms with E-state index in [0.717, 1.165) is 0 Å². The zero-order valence-corrected chi connectivity index (χ0v) is 9.79. The molecule has 0 amide bonds. The predicted octanol–water partition coefficient (Wildman–Crippen LogP) is 1.15. The summed E-state index contributed by atoms with van der Waals surface area (Å²) in [5.74, 6) is -0.356. The minimum Gasteiger partial charge on any atom is -0.258 e. The van der Waals surface area contributed by atoms with Crippen molar-refractivity contribution < 1.29 is 13.3 Å². The summed E-state index contributed by atoms with van der Waals surface area (Å²) in [4.78, 5) is 9.83. The number of nitro groups is 1. The maximum Gasteiger partial charge on any atom is 0.270 e. The van der Waals surface area contributed by atoms with Crippen LogP contribution in [0.25, 0.3) is 0 Å². The van der Waals surface area contributed by atoms with Gasteiger partial charge in [0.2, 0.25) is 10.0 Å². The molecule has 1 aromatic rings. The van der Waals surface area contributed by atoms with Gasteiger partial charge in [-0.1, -0.05) is 22.0 Å². The van der Waals surface area contributed by atoms with Crippen molar-refractivity contribution in [2.75, 3.05) is 0 Å². The molecule has 6 nitrogen and oxygen atoms in total. The molecule has 0 aliphatic heterocycles. The van der Waals surface area contributed by atoms with Crippen molar-refractivity contribution in [2.24, 2.45) is 5.14 Å². The fourth-order valence-electron chi connectivity index (χ4n) is 0.984. The molecule has 0 heterocycles. The first-order valence-corrected chi connectivity index (χ1v) is 6.24. The van der Waals surface area contributed by atoms with Crippen molar-refractivity contribution in [3.63, 3.8) is 0 Å². The van der Waals surface area contributed by atoms with Gasteiger partial charge in [-0.2, -0.15) is 0 Å². The number of nitrogens with two attached hydrogens (primary N) is 1. The lowest BCUT2D eigenvalue weighted by atomic mass is 10.2. The molecular formula is C7H7BrN2O4S. The van der Waals surface area contributed by atoms with Crippen molar-refractivity contribution in [2.45, 2.75) is 5.75 Å². The maximum atomic E-state index is 10.8. The number of benzene rings is 1. The van der Waals surface area contributed by atoms with Crippen LogP contribution in [0.1, 0.15) is 5.56 Å². The van der Waals surface area contributed by atoms with Crippen LogP contribution in [0.4, 0.5) is 5.69 Å². The lowest BCUT2D eigenvalue weighted by molar-refractivity contribution is -0.384. The highest BCUT2D eigenvalue weighted by molar-refractivity contribution is 9.10. The number of nitrogens with zero attached hydrogens (tertiary/aromatic N) is 1. The summed E-state index contributed by atoms with van der Waals surface area (Å²) < 4.78 is 21.9. The molecule has 1 aromatic carbocycles. The second kappa shape index (κ2) is 4.25. The maximum absolute atomic E-state index is 10.8. The van der Waals surface area contributed by atoms with Crippen LogP contribution in [0.3, 0.4) is 0 Å². The Balaban J connectivity index is 3.09. The Hall–Kier alpha value is -0.990. The third kappa shape index (κ3) is 3.57. The molecule has 8 heteroatoms. The van der Waals surface area contributed by atoms with Crippen molar-refractivity contribution in [1.29, 1.82) is 0 Å². The van der Waals surface area contributed by atoms with Crippen molar-refractivity contribution >= 4 is 31.6 Å². The van der Waals surface area contributed by atoms with Gasteiger partial charge in [0, 0.05) is 16.6 Å². The van der Waals surface area contributed by atoms with Crippen LogP contribution in [-0.2, 0) is 15.8 Å². The number of halogens is 1. The van der Waals surface area contributed by atoms with Gasteiger partial charge in [0.15, 0.2) is 0 Å². The standard InChI is InChI=1S/C7H7BrN2O4S/c8-7-3-6(10(11)12)2-1-5(7)4-15(9,13)14/h1-3H,4H2,(H2,9,13,14). The largest absolute Gasteiger partial charge is 0.270 e. The molecule has 1 rings (SSSR count). The summed E-state index contributed by atoms with van der Waals surface area (Å²) in [6.45, 7) is 0. The second-order valence-corrected chi connectivity index (χ2v) is 5.31. The topological polar surface area (TPSA) is 103 Å². The lowest BCUT2D eigenvalue weighted by Crippen LogP contribution is -2.14. The van der Waals surface area contributed by atoms with E-state index in [4.69, 9.17) is 5.14 Å². The number of nitro benzene ring substituents is 1. The SMILES string of the molecule is NS(=O)(=O)Cc1ccc([N+](=O)[O-])cc1Br. The molecule has 0 aliphatic carbocycles. The Morgan fingerprint density at radius 3 is 2.47 bits per heavy atom. The van der Waals surface area contributed by atoms with Crippen LogP contribution in [0, 0.1) is 10.1 Å². The lowest BCUT2D eigenvalue weighted by Gasteiger charge is -2.02. The fourth-order valence-corrected chi connectivity index (χ4v) is 2.36. The van der Waals surface area contributed by atoms with Gasteiger partial charge in [-0.05, 0) is 5.56 Å². The Morgan fingerprint density at radius 2 is 2.07 bits per heavy atom. The Kier molecular flexibility index (Phi) is 3.42. The molecule has 0 aliphatic rings. The summed E-state index contributed by atoms with van der Waals surface area (Å²) in [5.41, 5.74) is 0.281. The quantitative estimate of drug-likeness (QED) is 0.667. The van der Waals surface area contributed by atoms with Gasteiger partial charge in [-0.25, -0.2) is 13.6 Å². The van der Waals surface area contributed by atoms with E-state index in [1.807, 2.05) is 0 Å². The van der Waals surface area contributed by atoms with Gasteiger partial charge < -0.3 is 0 Å². The molecule has 0 saturated heterocycles. The van der Waals surface area contributed by atoms with Crippen LogP contribution < -0.4 is 5.14 Å². The van der Waals surface area contributed by atoms with Crippen LogP contribution in [-0.4, -0.2) is 13.3 Å². The average molecular weight is 295 g/mol. The van der Waals surface area contributed by atoms with E-state index in [1.54, 1.807) is 0 Å². The summed E-state index contributed by atoms with van der Waals surface area (Å²) in [5, 5.41) is 15.2. The third-order valence-electron chi connectivity index (χ3n) is 1.60. The first-order valence-electron chi connectivity index (χ1n) is 3.73. The normalized spacial score (nSPS) is 11.3. The highest BCUT2D eigenvalue weighted by atomic mass is 79.9. The molecule has 0 atom stereocenters. The number of primary sulfonamides is 1. The summed E-state index contributed by atoms with van der Waals surface area (Å²) >= 11 is 3.04. The molecule has 0 bridgehead atoms. The summed E-state index contributed by atoms with van der Waals surface area (Å²) in [7, 11) is -3.63. The van der Waals surface area contributed by atoms with Gasteiger partial charge in [0.25, 0.3) is 5.69 Å². The highest BCUT2D eigenvalue weighted by Gasteiger charge is 2.12. The number of hydrogen-bond donors (Lipinski definition) is 1. The van der Waals surface area contributed by atoms with Gasteiger partial charge in [0.1, 0.15) is 0 Å². The number of hydrogen-bond acceptors (Lipinski definition) is 4. The van der Waals surface area contributed by atoms with E-state index in [-0.39, 0.29) is 11.4 Å². The van der Waals surface area contributed by atoms with Gasteiger partial charge in [-0.15, -0.1) is 0 Å². The first kappa shape index (κ1) is 12.1. The van der Waals surface area contributed by atoms with E-state index in [2.05, 4.69) is 15.9 Å². The van der Waals surface area contributed by atoms with Gasteiger partial charge in [-0.3, -0.25) is 10.1 Å². The monoisotopic (exact) mass is 294 g/mol. The van der Waals surface area contributed by atoms with E-state index < -0.39 is 14.9 Å². The van der Waals surface area contributed by atoms with E-state index in [0.29, 0.717) is 10.0 Å². The zero-order valence-electron chi connectivity index (χ0n) is 7.38. The molecule has 0 unspecified atom stereocenters.